The predicted molar refractivity (Wildman–Crippen MR) is 142 cm³/mol. The Labute approximate surface area is 234 Å². The molecule has 1 heterocycles. The second-order valence-electron chi connectivity index (χ2n) is 9.13. The number of ketones is 1. The lowest BCUT2D eigenvalue weighted by atomic mass is 10.0. The molecule has 3 aromatic rings. The number of rotatable bonds is 12. The van der Waals surface area contributed by atoms with Crippen molar-refractivity contribution in [3.05, 3.63) is 95.8 Å². The summed E-state index contributed by atoms with van der Waals surface area (Å²) >= 11 is 0. The fourth-order valence-electron chi connectivity index (χ4n) is 3.65. The van der Waals surface area contributed by atoms with Crippen molar-refractivity contribution < 1.29 is 37.1 Å². The number of Topliss-reactive ketones (excluding diaryl/α,β-unsaturated/α-hetero) is 1. The molecule has 0 fully saturated rings. The van der Waals surface area contributed by atoms with E-state index < -0.39 is 53.4 Å². The first-order chi connectivity index (χ1) is 19.4. The van der Waals surface area contributed by atoms with E-state index >= 15 is 0 Å². The zero-order chi connectivity index (χ0) is 30.0. The molecule has 0 aliphatic rings. The van der Waals surface area contributed by atoms with Gasteiger partial charge in [0.25, 0.3) is 11.8 Å². The van der Waals surface area contributed by atoms with E-state index in [1.165, 1.54) is 13.8 Å². The number of ether oxygens (including phenoxy) is 1. The average Bonchev–Trinajstić information content (AvgIpc) is 2.95. The predicted octanol–water partition coefficient (Wildman–Crippen LogP) is 2.99. The monoisotopic (exact) mass is 570 g/mol. The lowest BCUT2D eigenvalue weighted by Gasteiger charge is -2.22. The van der Waals surface area contributed by atoms with E-state index in [0.717, 1.165) is 24.3 Å². The van der Waals surface area contributed by atoms with Crippen LogP contribution in [0.4, 0.5) is 13.2 Å². The Kier molecular flexibility index (Phi) is 10.6. The molecule has 216 valence electrons. The van der Waals surface area contributed by atoms with E-state index in [1.807, 2.05) is 0 Å². The molecular formula is C29H29F3N4O5. The minimum absolute atomic E-state index is 0.0146. The van der Waals surface area contributed by atoms with Crippen LogP contribution in [0.1, 0.15) is 30.7 Å². The summed E-state index contributed by atoms with van der Waals surface area (Å²) in [6, 6.07) is 15.3. The van der Waals surface area contributed by atoms with Gasteiger partial charge in [-0.25, -0.2) is 0 Å². The first-order valence-corrected chi connectivity index (χ1v) is 12.6. The van der Waals surface area contributed by atoms with Gasteiger partial charge in [0.2, 0.25) is 11.7 Å². The van der Waals surface area contributed by atoms with E-state index in [4.69, 9.17) is 4.74 Å². The van der Waals surface area contributed by atoms with Crippen LogP contribution in [0, 0.1) is 0 Å². The van der Waals surface area contributed by atoms with Crippen LogP contribution in [-0.2, 0) is 38.3 Å². The number of carbonyl (C=O) groups excluding carboxylic acids is 4. The van der Waals surface area contributed by atoms with Crippen molar-refractivity contribution in [3.8, 4) is 5.75 Å². The van der Waals surface area contributed by atoms with E-state index in [2.05, 4.69) is 20.9 Å². The second kappa shape index (κ2) is 14.1. The van der Waals surface area contributed by atoms with Gasteiger partial charge in [0, 0.05) is 12.6 Å². The summed E-state index contributed by atoms with van der Waals surface area (Å²) in [4.78, 5) is 55.3. The van der Waals surface area contributed by atoms with Crippen molar-refractivity contribution in [1.82, 2.24) is 20.9 Å². The molecule has 0 aliphatic heterocycles. The summed E-state index contributed by atoms with van der Waals surface area (Å²) in [5.41, 5.74) is 0.373. The third kappa shape index (κ3) is 9.45. The summed E-state index contributed by atoms with van der Waals surface area (Å²) in [6.07, 6.45) is -4.09. The highest BCUT2D eigenvalue weighted by molar-refractivity contribution is 6.38. The number of aromatic nitrogens is 1. The van der Waals surface area contributed by atoms with E-state index in [1.54, 1.807) is 54.7 Å². The number of hydrogen-bond acceptors (Lipinski definition) is 6. The largest absolute Gasteiger partial charge is 0.481 e. The van der Waals surface area contributed by atoms with Crippen LogP contribution in [0.3, 0.4) is 0 Å². The lowest BCUT2D eigenvalue weighted by Crippen LogP contribution is -2.54. The molecule has 1 unspecified atom stereocenters. The third-order valence-corrected chi connectivity index (χ3v) is 5.91. The first kappa shape index (κ1) is 30.8. The molecule has 0 saturated carbocycles. The van der Waals surface area contributed by atoms with Gasteiger partial charge in [0.15, 0.2) is 6.10 Å². The Bertz CT molecular complexity index is 1340. The minimum atomic E-state index is -4.51. The molecule has 3 rings (SSSR count). The van der Waals surface area contributed by atoms with Crippen molar-refractivity contribution >= 4 is 23.5 Å². The fraction of sp³-hybridized carbons (Fsp3) is 0.276. The molecule has 1 aromatic heterocycles. The van der Waals surface area contributed by atoms with Gasteiger partial charge in [-0.1, -0.05) is 36.4 Å². The standard InChI is InChI=1S/C29H29F3N4O5/c1-18(35-27(39)19(2)41-23-13-11-21(12-14-23)29(30,31)32)26(38)36-24(16-20-8-4-3-5-9-20)25(37)28(40)34-17-22-10-6-7-15-33-22/h3-15,18-19,24H,16-17H2,1-2H3,(H,34,40)(H,35,39)(H,36,38)/t18-,19?,24-/m1/s1. The molecule has 0 bridgehead atoms. The zero-order valence-corrected chi connectivity index (χ0v) is 22.3. The molecular weight excluding hydrogens is 541 g/mol. The molecule has 0 radical (unpaired) electrons. The number of amides is 3. The third-order valence-electron chi connectivity index (χ3n) is 5.91. The summed E-state index contributed by atoms with van der Waals surface area (Å²) in [6.45, 7) is 2.76. The van der Waals surface area contributed by atoms with Gasteiger partial charge in [-0.15, -0.1) is 0 Å². The molecule has 9 nitrogen and oxygen atoms in total. The molecule has 3 N–H and O–H groups in total. The second-order valence-corrected chi connectivity index (χ2v) is 9.13. The smallest absolute Gasteiger partial charge is 0.416 e. The Morgan fingerprint density at radius 2 is 1.51 bits per heavy atom. The first-order valence-electron chi connectivity index (χ1n) is 12.6. The van der Waals surface area contributed by atoms with Crippen LogP contribution in [0.2, 0.25) is 0 Å². The van der Waals surface area contributed by atoms with Crippen molar-refractivity contribution in [3.63, 3.8) is 0 Å². The van der Waals surface area contributed by atoms with Gasteiger partial charge in [-0.05, 0) is 55.8 Å². The van der Waals surface area contributed by atoms with E-state index in [9.17, 15) is 32.3 Å². The van der Waals surface area contributed by atoms with Gasteiger partial charge in [0.05, 0.1) is 17.8 Å². The maximum absolute atomic E-state index is 13.0. The molecule has 3 amide bonds. The summed E-state index contributed by atoms with van der Waals surface area (Å²) in [5, 5.41) is 7.47. The number of pyridine rings is 1. The summed E-state index contributed by atoms with van der Waals surface area (Å²) < 4.78 is 43.7. The molecule has 0 aliphatic carbocycles. The highest BCUT2D eigenvalue weighted by atomic mass is 19.4. The lowest BCUT2D eigenvalue weighted by molar-refractivity contribution is -0.140. The number of halogens is 3. The van der Waals surface area contributed by atoms with Crippen LogP contribution >= 0.6 is 0 Å². The topological polar surface area (TPSA) is 126 Å². The SMILES string of the molecule is CC(Oc1ccc(C(F)(F)F)cc1)C(=O)N[C@H](C)C(=O)N[C@H](Cc1ccccc1)C(=O)C(=O)NCc1ccccn1. The van der Waals surface area contributed by atoms with Crippen LogP contribution in [0.25, 0.3) is 0 Å². The van der Waals surface area contributed by atoms with Crippen LogP contribution in [0.15, 0.2) is 79.0 Å². The Balaban J connectivity index is 1.60. The number of carbonyl (C=O) groups is 4. The van der Waals surface area contributed by atoms with Gasteiger partial charge in [-0.2, -0.15) is 13.2 Å². The molecule has 41 heavy (non-hydrogen) atoms. The maximum Gasteiger partial charge on any atom is 0.416 e. The van der Waals surface area contributed by atoms with Crippen molar-refractivity contribution in [2.75, 3.05) is 0 Å². The van der Waals surface area contributed by atoms with Gasteiger partial charge >= 0.3 is 6.18 Å². The van der Waals surface area contributed by atoms with Crippen molar-refractivity contribution in [1.29, 1.82) is 0 Å². The fourth-order valence-corrected chi connectivity index (χ4v) is 3.65. The van der Waals surface area contributed by atoms with Crippen molar-refractivity contribution in [2.24, 2.45) is 0 Å². The normalized spacial score (nSPS) is 13.3. The molecule has 12 heteroatoms. The number of hydrogen-bond donors (Lipinski definition) is 3. The number of alkyl halides is 3. The van der Waals surface area contributed by atoms with E-state index in [-0.39, 0.29) is 18.7 Å². The molecule has 0 spiro atoms. The minimum Gasteiger partial charge on any atom is -0.481 e. The van der Waals surface area contributed by atoms with Crippen LogP contribution in [-0.4, -0.2) is 46.7 Å². The van der Waals surface area contributed by atoms with Crippen LogP contribution in [0.5, 0.6) is 5.75 Å². The Morgan fingerprint density at radius 1 is 0.854 bits per heavy atom. The van der Waals surface area contributed by atoms with Gasteiger partial charge in [-0.3, -0.25) is 24.2 Å². The van der Waals surface area contributed by atoms with E-state index in [0.29, 0.717) is 11.3 Å². The number of nitrogens with one attached hydrogen (secondary N) is 3. The number of nitrogens with zero attached hydrogens (tertiary/aromatic N) is 1. The summed E-state index contributed by atoms with van der Waals surface area (Å²) in [5.74, 6) is -3.20. The van der Waals surface area contributed by atoms with Crippen LogP contribution < -0.4 is 20.7 Å². The highest BCUT2D eigenvalue weighted by Gasteiger charge is 2.31. The molecule has 2 aromatic carbocycles. The zero-order valence-electron chi connectivity index (χ0n) is 22.3. The molecule has 0 saturated heterocycles. The van der Waals surface area contributed by atoms with Gasteiger partial charge < -0.3 is 20.7 Å². The summed E-state index contributed by atoms with van der Waals surface area (Å²) in [7, 11) is 0. The quantitative estimate of drug-likeness (QED) is 0.288. The number of benzene rings is 2. The maximum atomic E-state index is 13.0. The average molecular weight is 571 g/mol. The Morgan fingerprint density at radius 3 is 2.12 bits per heavy atom. The molecule has 3 atom stereocenters. The highest BCUT2D eigenvalue weighted by Crippen LogP contribution is 2.30. The van der Waals surface area contributed by atoms with Gasteiger partial charge in [0.1, 0.15) is 17.8 Å². The van der Waals surface area contributed by atoms with Crippen molar-refractivity contribution in [2.45, 2.75) is 51.2 Å². The Hall–Kier alpha value is -4.74.